The number of phenolic OH excluding ortho intramolecular Hbond substituents is 1. The summed E-state index contributed by atoms with van der Waals surface area (Å²) in [7, 11) is 8.32. The Morgan fingerprint density at radius 2 is 1.86 bits per heavy atom. The van der Waals surface area contributed by atoms with Crippen LogP contribution >= 0.6 is 0 Å². The summed E-state index contributed by atoms with van der Waals surface area (Å²) in [5.41, 5.74) is 4.31. The van der Waals surface area contributed by atoms with Gasteiger partial charge in [0, 0.05) is 50.0 Å². The van der Waals surface area contributed by atoms with Crippen molar-refractivity contribution in [1.29, 1.82) is 0 Å². The van der Waals surface area contributed by atoms with E-state index in [1.165, 1.54) is 7.11 Å². The first-order valence-electron chi connectivity index (χ1n) is 11.7. The maximum Gasteiger partial charge on any atom is 0.230 e. The number of methoxy groups -OCH3 is 1. The van der Waals surface area contributed by atoms with E-state index in [0.29, 0.717) is 16.8 Å². The molecule has 4 rings (SSSR count). The van der Waals surface area contributed by atoms with Crippen LogP contribution in [-0.4, -0.2) is 95.8 Å². The molecule has 0 bridgehead atoms. The lowest BCUT2D eigenvalue weighted by Crippen LogP contribution is -2.73. The number of ketones is 2. The number of Topliss-reactive ketones (excluding diaryl/α,β-unsaturated/α-hetero) is 2. The smallest absolute Gasteiger partial charge is 0.230 e. The second-order valence-corrected chi connectivity index (χ2v) is 10.4. The van der Waals surface area contributed by atoms with Crippen molar-refractivity contribution in [2.75, 3.05) is 40.2 Å². The number of hydrogen-bond donors (Lipinski definition) is 5. The average Bonchev–Trinajstić information content (AvgIpc) is 2.77. The standard InChI is InChI=1S/C25H33N3O8/c1-27(2)14-8-11(9-36-5)19(29)16-12(14)6-10-7-13-18(28(3)4)21(31)17(24(26)34)23(33)25(13,35)22(32)15(10)20(16)30/h8,10,13,17-18,21,29-31,35H,6-7,9H2,1-5H3,(H2,26,34)/t10-,13-,17?,18-,21?,25-/m1/s1. The Morgan fingerprint density at radius 3 is 2.39 bits per heavy atom. The molecule has 36 heavy (non-hydrogen) atoms. The van der Waals surface area contributed by atoms with E-state index >= 15 is 0 Å². The fraction of sp³-hybridized carbons (Fsp3) is 0.560. The number of aliphatic hydroxyl groups excluding tert-OH is 2. The topological polar surface area (TPSA) is 174 Å². The number of ether oxygens (including phenoxy) is 1. The van der Waals surface area contributed by atoms with E-state index < -0.39 is 58.7 Å². The number of carbonyl (C=O) groups excluding carboxylic acids is 3. The fourth-order valence-electron chi connectivity index (χ4n) is 6.37. The van der Waals surface area contributed by atoms with Crippen LogP contribution in [0.5, 0.6) is 5.75 Å². The quantitative estimate of drug-likeness (QED) is 0.325. The Kier molecular flexibility index (Phi) is 6.40. The van der Waals surface area contributed by atoms with Crippen LogP contribution in [0.15, 0.2) is 11.6 Å². The number of nitrogens with two attached hydrogens (primary N) is 1. The number of aliphatic hydroxyl groups is 3. The number of carbonyl (C=O) groups is 3. The van der Waals surface area contributed by atoms with Crippen molar-refractivity contribution in [3.05, 3.63) is 28.3 Å². The molecule has 3 aliphatic carbocycles. The van der Waals surface area contributed by atoms with Crippen molar-refractivity contribution in [2.45, 2.75) is 37.2 Å². The van der Waals surface area contributed by atoms with Crippen LogP contribution in [0.4, 0.5) is 5.69 Å². The zero-order chi connectivity index (χ0) is 26.9. The summed E-state index contributed by atoms with van der Waals surface area (Å²) in [6.45, 7) is 0.0487. The molecule has 1 aromatic carbocycles. The molecule has 3 aliphatic rings. The summed E-state index contributed by atoms with van der Waals surface area (Å²) in [6.07, 6.45) is -1.20. The maximum absolute atomic E-state index is 13.9. The van der Waals surface area contributed by atoms with Gasteiger partial charge in [0.1, 0.15) is 17.4 Å². The third-order valence-electron chi connectivity index (χ3n) is 7.93. The van der Waals surface area contributed by atoms with Crippen molar-refractivity contribution in [1.82, 2.24) is 4.90 Å². The molecule has 0 saturated heterocycles. The Morgan fingerprint density at radius 1 is 1.22 bits per heavy atom. The van der Waals surface area contributed by atoms with Crippen LogP contribution in [0.25, 0.3) is 5.76 Å². The molecule has 11 heteroatoms. The molecule has 11 nitrogen and oxygen atoms in total. The SMILES string of the molecule is COCc1cc(N(C)C)c2c(c1O)C(O)=C1C(=O)[C@@]3(O)C(=O)C(C(N)=O)C(O)[C@H](N(C)C)[C@H]3C[C@H]1C2. The first-order chi connectivity index (χ1) is 16.8. The van der Waals surface area contributed by atoms with E-state index in [1.807, 2.05) is 19.0 Å². The minimum Gasteiger partial charge on any atom is -0.507 e. The highest BCUT2D eigenvalue weighted by atomic mass is 16.5. The van der Waals surface area contributed by atoms with E-state index in [0.717, 1.165) is 0 Å². The summed E-state index contributed by atoms with van der Waals surface area (Å²) < 4.78 is 5.18. The molecule has 196 valence electrons. The van der Waals surface area contributed by atoms with Gasteiger partial charge in [-0.3, -0.25) is 14.4 Å². The van der Waals surface area contributed by atoms with Gasteiger partial charge in [-0.15, -0.1) is 0 Å². The predicted molar refractivity (Wildman–Crippen MR) is 129 cm³/mol. The lowest BCUT2D eigenvalue weighted by atomic mass is 9.54. The molecule has 0 radical (unpaired) electrons. The van der Waals surface area contributed by atoms with Gasteiger partial charge in [0.15, 0.2) is 11.4 Å². The molecule has 0 spiro atoms. The average molecular weight is 504 g/mol. The zero-order valence-corrected chi connectivity index (χ0v) is 21.0. The van der Waals surface area contributed by atoms with Crippen molar-refractivity contribution in [3.8, 4) is 5.75 Å². The lowest BCUT2D eigenvalue weighted by molar-refractivity contribution is -0.184. The van der Waals surface area contributed by atoms with Crippen molar-refractivity contribution in [2.24, 2.45) is 23.5 Å². The number of aromatic hydroxyl groups is 1. The van der Waals surface area contributed by atoms with Gasteiger partial charge in [-0.25, -0.2) is 0 Å². The number of hydrogen-bond acceptors (Lipinski definition) is 10. The van der Waals surface area contributed by atoms with Gasteiger partial charge in [-0.2, -0.15) is 0 Å². The number of fused-ring (bicyclic) bond motifs is 3. The molecule has 0 aliphatic heterocycles. The molecular weight excluding hydrogens is 470 g/mol. The number of likely N-dealkylation sites (N-methyl/N-ethyl adjacent to an activating group) is 1. The van der Waals surface area contributed by atoms with E-state index in [2.05, 4.69) is 0 Å². The number of nitrogens with zero attached hydrogens (tertiary/aromatic N) is 2. The Hall–Kier alpha value is -2.99. The lowest BCUT2D eigenvalue weighted by Gasteiger charge is -2.53. The Bertz CT molecular complexity index is 1180. The molecular formula is C25H33N3O8. The third-order valence-corrected chi connectivity index (χ3v) is 7.93. The first kappa shape index (κ1) is 26.1. The molecule has 6 N–H and O–H groups in total. The first-order valence-corrected chi connectivity index (χ1v) is 11.7. The van der Waals surface area contributed by atoms with E-state index in [-0.39, 0.29) is 36.3 Å². The van der Waals surface area contributed by atoms with Crippen molar-refractivity contribution in [3.63, 3.8) is 0 Å². The van der Waals surface area contributed by atoms with Crippen LogP contribution in [0.1, 0.15) is 23.1 Å². The van der Waals surface area contributed by atoms with E-state index in [4.69, 9.17) is 10.5 Å². The van der Waals surface area contributed by atoms with Gasteiger partial charge >= 0.3 is 0 Å². The number of phenols is 1. The summed E-state index contributed by atoms with van der Waals surface area (Å²) in [4.78, 5) is 42.7. The highest BCUT2D eigenvalue weighted by Gasteiger charge is 2.67. The summed E-state index contributed by atoms with van der Waals surface area (Å²) >= 11 is 0. The summed E-state index contributed by atoms with van der Waals surface area (Å²) in [5.74, 6) is -7.58. The second kappa shape index (κ2) is 8.84. The number of anilines is 1. The highest BCUT2D eigenvalue weighted by Crippen LogP contribution is 2.53. The van der Waals surface area contributed by atoms with Gasteiger partial charge in [0.05, 0.1) is 18.3 Å². The van der Waals surface area contributed by atoms with Crippen molar-refractivity contribution >= 4 is 28.9 Å². The second-order valence-electron chi connectivity index (χ2n) is 10.4. The molecule has 2 fully saturated rings. The fourth-order valence-corrected chi connectivity index (χ4v) is 6.37. The summed E-state index contributed by atoms with van der Waals surface area (Å²) in [6, 6.07) is 0.829. The monoisotopic (exact) mass is 503 g/mol. The van der Waals surface area contributed by atoms with Gasteiger partial charge < -0.3 is 40.7 Å². The van der Waals surface area contributed by atoms with Crippen LogP contribution in [-0.2, 0) is 32.1 Å². The van der Waals surface area contributed by atoms with Crippen molar-refractivity contribution < 1.29 is 39.5 Å². The number of rotatable bonds is 5. The number of amides is 1. The Labute approximate surface area is 208 Å². The predicted octanol–water partition coefficient (Wildman–Crippen LogP) is -0.659. The van der Waals surface area contributed by atoms with E-state index in [1.54, 1.807) is 25.1 Å². The van der Waals surface area contributed by atoms with Gasteiger partial charge in [0.25, 0.3) is 0 Å². The minimum absolute atomic E-state index is 0.0487. The molecule has 6 atom stereocenters. The molecule has 1 aromatic rings. The maximum atomic E-state index is 13.9. The van der Waals surface area contributed by atoms with Crippen LogP contribution in [0, 0.1) is 17.8 Å². The van der Waals surface area contributed by atoms with Crippen LogP contribution in [0.3, 0.4) is 0 Å². The Balaban J connectivity index is 1.96. The molecule has 2 unspecified atom stereocenters. The molecule has 1 amide bonds. The van der Waals surface area contributed by atoms with Gasteiger partial charge in [0.2, 0.25) is 11.7 Å². The minimum atomic E-state index is -2.67. The van der Waals surface area contributed by atoms with Crippen LogP contribution in [0.2, 0.25) is 0 Å². The molecule has 2 saturated carbocycles. The third kappa shape index (κ3) is 3.45. The molecule has 0 aromatic heterocycles. The normalized spacial score (nSPS) is 31.7. The number of benzene rings is 1. The van der Waals surface area contributed by atoms with Crippen LogP contribution < -0.4 is 10.6 Å². The van der Waals surface area contributed by atoms with E-state index in [9.17, 15) is 34.8 Å². The van der Waals surface area contributed by atoms with Gasteiger partial charge in [-0.1, -0.05) is 0 Å². The number of primary amides is 1. The largest absolute Gasteiger partial charge is 0.507 e. The molecule has 0 heterocycles. The van der Waals surface area contributed by atoms with Gasteiger partial charge in [-0.05, 0) is 44.5 Å². The summed E-state index contributed by atoms with van der Waals surface area (Å²) in [5, 5.41) is 44.9. The zero-order valence-electron chi connectivity index (χ0n) is 21.0. The highest BCUT2D eigenvalue weighted by molar-refractivity contribution is 6.25.